The number of ether oxygens (including phenoxy) is 2. The molecule has 1 aromatic rings. The summed E-state index contributed by atoms with van der Waals surface area (Å²) in [6.07, 6.45) is 9.80. The number of hydrogen-bond acceptors (Lipinski definition) is 2. The summed E-state index contributed by atoms with van der Waals surface area (Å²) in [5.74, 6) is -0.549. The summed E-state index contributed by atoms with van der Waals surface area (Å²) in [6, 6.07) is 7.81. The lowest BCUT2D eigenvalue weighted by Crippen LogP contribution is -2.27. The Balaban J connectivity index is 1.99. The Labute approximate surface area is 126 Å². The molecule has 0 aliphatic carbocycles. The van der Waals surface area contributed by atoms with Gasteiger partial charge in [0.25, 0.3) is 0 Å². The van der Waals surface area contributed by atoms with E-state index in [2.05, 4.69) is 6.92 Å². The third-order valence-corrected chi connectivity index (χ3v) is 3.92. The Kier molecular flexibility index (Phi) is 6.08. The second-order valence-corrected chi connectivity index (χ2v) is 5.58. The largest absolute Gasteiger partial charge is 0.344 e. The van der Waals surface area contributed by atoms with Gasteiger partial charge in [-0.3, -0.25) is 0 Å². The van der Waals surface area contributed by atoms with Crippen LogP contribution in [0.1, 0.15) is 44.6 Å². The molecule has 3 heteroatoms. The molecular weight excluding hydrogens is 272 g/mol. The summed E-state index contributed by atoms with van der Waals surface area (Å²) in [5, 5.41) is 0.753. The molecule has 0 amide bonds. The Morgan fingerprint density at radius 2 is 1.90 bits per heavy atom. The van der Waals surface area contributed by atoms with Gasteiger partial charge in [-0.25, -0.2) is 0 Å². The first-order chi connectivity index (χ1) is 9.76. The third kappa shape index (κ3) is 4.34. The molecule has 20 heavy (non-hydrogen) atoms. The zero-order chi connectivity index (χ0) is 14.3. The smallest absolute Gasteiger partial charge is 0.188 e. The standard InChI is InChI=1S/C17H23ClO2/c1-2-3-4-7-11-17(19-13-14-20-17)12-10-15-8-5-6-9-16(15)18/h5-6,8-10,12H,2-4,7,11,13-14H2,1H3/b12-10+. The van der Waals surface area contributed by atoms with Crippen LogP contribution in [0.25, 0.3) is 6.08 Å². The lowest BCUT2D eigenvalue weighted by molar-refractivity contribution is -0.121. The summed E-state index contributed by atoms with van der Waals surface area (Å²) in [4.78, 5) is 0. The van der Waals surface area contributed by atoms with Gasteiger partial charge in [-0.2, -0.15) is 0 Å². The van der Waals surface area contributed by atoms with E-state index in [1.165, 1.54) is 19.3 Å². The van der Waals surface area contributed by atoms with Crippen LogP contribution < -0.4 is 0 Å². The van der Waals surface area contributed by atoms with Crippen LogP contribution in [0.2, 0.25) is 5.02 Å². The molecule has 1 aromatic carbocycles. The minimum absolute atomic E-state index is 0.549. The van der Waals surface area contributed by atoms with E-state index in [-0.39, 0.29) is 0 Å². The highest BCUT2D eigenvalue weighted by molar-refractivity contribution is 6.32. The van der Waals surface area contributed by atoms with Crippen molar-refractivity contribution in [1.82, 2.24) is 0 Å². The predicted octanol–water partition coefficient (Wildman–Crippen LogP) is 5.07. The number of unbranched alkanes of at least 4 members (excludes halogenated alkanes) is 3. The molecule has 1 aliphatic rings. The van der Waals surface area contributed by atoms with Crippen molar-refractivity contribution in [2.75, 3.05) is 13.2 Å². The van der Waals surface area contributed by atoms with Gasteiger partial charge in [0.05, 0.1) is 13.2 Å². The van der Waals surface area contributed by atoms with Crippen LogP contribution in [0.5, 0.6) is 0 Å². The molecule has 2 nitrogen and oxygen atoms in total. The van der Waals surface area contributed by atoms with Crippen LogP contribution in [0.15, 0.2) is 30.3 Å². The molecule has 1 fully saturated rings. The molecule has 110 valence electrons. The molecular formula is C17H23ClO2. The summed E-state index contributed by atoms with van der Waals surface area (Å²) in [7, 11) is 0. The van der Waals surface area contributed by atoms with E-state index >= 15 is 0 Å². The normalized spacial score (nSPS) is 17.9. The molecule has 0 radical (unpaired) electrons. The van der Waals surface area contributed by atoms with Gasteiger partial charge >= 0.3 is 0 Å². The van der Waals surface area contributed by atoms with E-state index in [1.807, 2.05) is 36.4 Å². The van der Waals surface area contributed by atoms with Gasteiger partial charge in [-0.15, -0.1) is 0 Å². The lowest BCUT2D eigenvalue weighted by Gasteiger charge is -2.23. The monoisotopic (exact) mass is 294 g/mol. The average molecular weight is 295 g/mol. The van der Waals surface area contributed by atoms with Crippen LogP contribution in [-0.4, -0.2) is 19.0 Å². The zero-order valence-corrected chi connectivity index (χ0v) is 12.9. The van der Waals surface area contributed by atoms with Crippen LogP contribution in [0.4, 0.5) is 0 Å². The van der Waals surface area contributed by atoms with E-state index in [9.17, 15) is 0 Å². The van der Waals surface area contributed by atoms with Gasteiger partial charge in [-0.1, -0.05) is 62.1 Å². The maximum atomic E-state index is 6.17. The first-order valence-corrected chi connectivity index (χ1v) is 7.85. The van der Waals surface area contributed by atoms with Crippen molar-refractivity contribution in [2.45, 2.75) is 44.8 Å². The van der Waals surface area contributed by atoms with Crippen LogP contribution in [0, 0.1) is 0 Å². The van der Waals surface area contributed by atoms with E-state index < -0.39 is 5.79 Å². The SMILES string of the molecule is CCCCCCC1(/C=C/c2ccccc2Cl)OCCO1. The molecule has 0 bridgehead atoms. The van der Waals surface area contributed by atoms with Gasteiger partial charge < -0.3 is 9.47 Å². The highest BCUT2D eigenvalue weighted by Gasteiger charge is 2.32. The average Bonchev–Trinajstić information content (AvgIpc) is 2.92. The van der Waals surface area contributed by atoms with Gasteiger partial charge in [0.2, 0.25) is 0 Å². The Hall–Kier alpha value is -0.830. The molecule has 0 N–H and O–H groups in total. The molecule has 1 aliphatic heterocycles. The number of hydrogen-bond donors (Lipinski definition) is 0. The fraction of sp³-hybridized carbons (Fsp3) is 0.529. The molecule has 0 atom stereocenters. The zero-order valence-electron chi connectivity index (χ0n) is 12.1. The minimum Gasteiger partial charge on any atom is -0.344 e. The fourth-order valence-electron chi connectivity index (χ4n) is 2.42. The molecule has 0 aromatic heterocycles. The number of benzene rings is 1. The third-order valence-electron chi connectivity index (χ3n) is 3.58. The van der Waals surface area contributed by atoms with Crippen molar-refractivity contribution in [3.8, 4) is 0 Å². The van der Waals surface area contributed by atoms with Crippen LogP contribution in [-0.2, 0) is 9.47 Å². The Morgan fingerprint density at radius 3 is 2.60 bits per heavy atom. The molecule has 0 saturated carbocycles. The summed E-state index contributed by atoms with van der Waals surface area (Å²) in [5.41, 5.74) is 1.00. The Bertz CT molecular complexity index is 436. The lowest BCUT2D eigenvalue weighted by atomic mass is 10.0. The second-order valence-electron chi connectivity index (χ2n) is 5.17. The molecule has 1 heterocycles. The Morgan fingerprint density at radius 1 is 1.15 bits per heavy atom. The maximum Gasteiger partial charge on any atom is 0.188 e. The van der Waals surface area contributed by atoms with Crippen LogP contribution >= 0.6 is 11.6 Å². The van der Waals surface area contributed by atoms with Crippen molar-refractivity contribution < 1.29 is 9.47 Å². The highest BCUT2D eigenvalue weighted by atomic mass is 35.5. The van der Waals surface area contributed by atoms with Gasteiger partial charge in [-0.05, 0) is 24.1 Å². The van der Waals surface area contributed by atoms with E-state index in [0.29, 0.717) is 13.2 Å². The van der Waals surface area contributed by atoms with E-state index in [1.54, 1.807) is 0 Å². The van der Waals surface area contributed by atoms with Crippen molar-refractivity contribution in [3.05, 3.63) is 40.9 Å². The molecule has 0 spiro atoms. The summed E-state index contributed by atoms with van der Waals surface area (Å²) < 4.78 is 11.7. The minimum atomic E-state index is -0.549. The van der Waals surface area contributed by atoms with E-state index in [4.69, 9.17) is 21.1 Å². The number of halogens is 1. The van der Waals surface area contributed by atoms with Crippen molar-refractivity contribution in [2.24, 2.45) is 0 Å². The summed E-state index contributed by atoms with van der Waals surface area (Å²) >= 11 is 6.17. The second kappa shape index (κ2) is 7.82. The predicted molar refractivity (Wildman–Crippen MR) is 83.9 cm³/mol. The maximum absolute atomic E-state index is 6.17. The van der Waals surface area contributed by atoms with Crippen molar-refractivity contribution >= 4 is 17.7 Å². The molecule has 2 rings (SSSR count). The first-order valence-electron chi connectivity index (χ1n) is 7.47. The quantitative estimate of drug-likeness (QED) is 0.654. The molecule has 0 unspecified atom stereocenters. The molecule has 1 saturated heterocycles. The number of rotatable bonds is 7. The fourth-order valence-corrected chi connectivity index (χ4v) is 2.62. The highest BCUT2D eigenvalue weighted by Crippen LogP contribution is 2.29. The first kappa shape index (κ1) is 15.6. The van der Waals surface area contributed by atoms with Gasteiger partial charge in [0, 0.05) is 11.4 Å². The topological polar surface area (TPSA) is 18.5 Å². The van der Waals surface area contributed by atoms with Crippen molar-refractivity contribution in [3.63, 3.8) is 0 Å². The van der Waals surface area contributed by atoms with Gasteiger partial charge in [0.15, 0.2) is 5.79 Å². The van der Waals surface area contributed by atoms with Gasteiger partial charge in [0.1, 0.15) is 0 Å². The summed E-state index contributed by atoms with van der Waals surface area (Å²) in [6.45, 7) is 3.55. The van der Waals surface area contributed by atoms with Crippen LogP contribution in [0.3, 0.4) is 0 Å². The van der Waals surface area contributed by atoms with E-state index in [0.717, 1.165) is 23.4 Å². The van der Waals surface area contributed by atoms with Crippen molar-refractivity contribution in [1.29, 1.82) is 0 Å².